The maximum absolute atomic E-state index is 11.1. The molecule has 2 aromatic carbocycles. The molecule has 2 nitrogen and oxygen atoms in total. The first kappa shape index (κ1) is 18.9. The molecule has 2 heteroatoms. The Labute approximate surface area is 140 Å². The molecule has 0 unspecified atom stereocenters. The topological polar surface area (TPSA) is 20.3 Å². The van der Waals surface area contributed by atoms with E-state index in [1.54, 1.807) is 6.92 Å². The van der Waals surface area contributed by atoms with Gasteiger partial charge in [-0.1, -0.05) is 60.7 Å². The van der Waals surface area contributed by atoms with Crippen molar-refractivity contribution in [3.05, 3.63) is 84.9 Å². The van der Waals surface area contributed by atoms with Gasteiger partial charge in [0, 0.05) is 19.5 Å². The van der Waals surface area contributed by atoms with E-state index in [1.807, 2.05) is 12.1 Å². The van der Waals surface area contributed by atoms with Crippen molar-refractivity contribution in [2.75, 3.05) is 6.54 Å². The average molecular weight is 309 g/mol. The molecule has 0 aliphatic heterocycles. The Morgan fingerprint density at radius 1 is 0.870 bits per heavy atom. The minimum atomic E-state index is 0.273. The number of nitrogens with zero attached hydrogens (tertiary/aromatic N) is 1. The average Bonchev–Trinajstić information content (AvgIpc) is 2.58. The number of rotatable bonds is 8. The van der Waals surface area contributed by atoms with Crippen LogP contribution < -0.4 is 0 Å². The van der Waals surface area contributed by atoms with Crippen LogP contribution in [0.15, 0.2) is 73.8 Å². The van der Waals surface area contributed by atoms with Crippen molar-refractivity contribution < 1.29 is 4.79 Å². The predicted molar refractivity (Wildman–Crippen MR) is 98.2 cm³/mol. The second-order valence-electron chi connectivity index (χ2n) is 5.49. The minimum Gasteiger partial charge on any atom is -0.300 e. The molecule has 0 aliphatic carbocycles. The zero-order valence-electron chi connectivity index (χ0n) is 14.1. The van der Waals surface area contributed by atoms with Crippen molar-refractivity contribution >= 4 is 5.78 Å². The van der Waals surface area contributed by atoms with E-state index in [4.69, 9.17) is 0 Å². The first-order valence-electron chi connectivity index (χ1n) is 8.03. The lowest BCUT2D eigenvalue weighted by Gasteiger charge is -2.22. The van der Waals surface area contributed by atoms with Crippen molar-refractivity contribution in [3.8, 4) is 0 Å². The van der Waals surface area contributed by atoms with E-state index in [9.17, 15) is 4.79 Å². The summed E-state index contributed by atoms with van der Waals surface area (Å²) in [7, 11) is 0. The predicted octanol–water partition coefficient (Wildman–Crippen LogP) is 4.86. The van der Waals surface area contributed by atoms with Crippen molar-refractivity contribution in [2.24, 2.45) is 0 Å². The monoisotopic (exact) mass is 309 g/mol. The lowest BCUT2D eigenvalue weighted by molar-refractivity contribution is -0.117. The summed E-state index contributed by atoms with van der Waals surface area (Å²) in [5, 5.41) is 0. The highest BCUT2D eigenvalue weighted by molar-refractivity contribution is 5.75. The molecule has 0 amide bonds. The molecule has 0 spiro atoms. The van der Waals surface area contributed by atoms with Crippen molar-refractivity contribution in [1.82, 2.24) is 4.90 Å². The van der Waals surface area contributed by atoms with E-state index in [-0.39, 0.29) is 5.78 Å². The number of hydrogen-bond acceptors (Lipinski definition) is 2. The van der Waals surface area contributed by atoms with E-state index >= 15 is 0 Å². The standard InChI is InChI=1S/C19H23NO.C2H4/c1-17(21)9-8-14-20(15-18-10-4-2-5-11-18)16-19-12-6-3-7-13-19;1-2/h2-7,10-13H,8-9,14-16H2,1H3;1-2H2. The van der Waals surface area contributed by atoms with Crippen molar-refractivity contribution in [1.29, 1.82) is 0 Å². The molecule has 2 rings (SSSR count). The van der Waals surface area contributed by atoms with E-state index in [0.717, 1.165) is 26.1 Å². The minimum absolute atomic E-state index is 0.273. The van der Waals surface area contributed by atoms with Gasteiger partial charge >= 0.3 is 0 Å². The van der Waals surface area contributed by atoms with Gasteiger partial charge in [-0.25, -0.2) is 0 Å². The van der Waals surface area contributed by atoms with Gasteiger partial charge in [-0.15, -0.1) is 13.2 Å². The molecule has 0 atom stereocenters. The van der Waals surface area contributed by atoms with Gasteiger partial charge in [-0.2, -0.15) is 0 Å². The molecule has 0 aromatic heterocycles. The molecule has 122 valence electrons. The second-order valence-corrected chi connectivity index (χ2v) is 5.49. The van der Waals surface area contributed by atoms with E-state index in [0.29, 0.717) is 6.42 Å². The molecule has 0 saturated heterocycles. The van der Waals surface area contributed by atoms with Crippen LogP contribution in [0.5, 0.6) is 0 Å². The molecular weight excluding hydrogens is 282 g/mol. The Morgan fingerprint density at radius 2 is 1.30 bits per heavy atom. The molecule has 0 saturated carbocycles. The summed E-state index contributed by atoms with van der Waals surface area (Å²) < 4.78 is 0. The van der Waals surface area contributed by atoms with Crippen LogP contribution in [0.2, 0.25) is 0 Å². The summed E-state index contributed by atoms with van der Waals surface area (Å²) in [6.07, 6.45) is 1.59. The van der Waals surface area contributed by atoms with Gasteiger partial charge in [0.1, 0.15) is 5.78 Å². The SMILES string of the molecule is C=C.CC(=O)CCCN(Cc1ccccc1)Cc1ccccc1. The number of ketones is 1. The summed E-state index contributed by atoms with van der Waals surface area (Å²) in [6, 6.07) is 21.0. The Balaban J connectivity index is 0.00000127. The summed E-state index contributed by atoms with van der Waals surface area (Å²) >= 11 is 0. The van der Waals surface area contributed by atoms with Gasteiger partial charge in [0.05, 0.1) is 0 Å². The van der Waals surface area contributed by atoms with Crippen LogP contribution >= 0.6 is 0 Å². The van der Waals surface area contributed by atoms with Crippen molar-refractivity contribution in [3.63, 3.8) is 0 Å². The van der Waals surface area contributed by atoms with Gasteiger partial charge in [0.2, 0.25) is 0 Å². The first-order chi connectivity index (χ1) is 11.2. The highest BCUT2D eigenvalue weighted by Crippen LogP contribution is 2.11. The molecular formula is C21H27NO. The maximum Gasteiger partial charge on any atom is 0.129 e. The highest BCUT2D eigenvalue weighted by atomic mass is 16.1. The molecule has 2 aromatic rings. The largest absolute Gasteiger partial charge is 0.300 e. The van der Waals surface area contributed by atoms with Crippen LogP contribution in [0.4, 0.5) is 0 Å². The number of carbonyl (C=O) groups excluding carboxylic acids is 1. The lowest BCUT2D eigenvalue weighted by atomic mass is 10.1. The van der Waals surface area contributed by atoms with Gasteiger partial charge in [-0.05, 0) is 31.0 Å². The molecule has 0 heterocycles. The Bertz CT molecular complexity index is 509. The number of carbonyl (C=O) groups is 1. The number of hydrogen-bond donors (Lipinski definition) is 0. The van der Waals surface area contributed by atoms with E-state index in [1.165, 1.54) is 11.1 Å². The summed E-state index contributed by atoms with van der Waals surface area (Å²) in [4.78, 5) is 13.5. The molecule has 23 heavy (non-hydrogen) atoms. The first-order valence-corrected chi connectivity index (χ1v) is 8.03. The quantitative estimate of drug-likeness (QED) is 0.649. The smallest absolute Gasteiger partial charge is 0.129 e. The zero-order valence-corrected chi connectivity index (χ0v) is 14.1. The van der Waals surface area contributed by atoms with Gasteiger partial charge < -0.3 is 4.79 Å². The summed E-state index contributed by atoms with van der Waals surface area (Å²) in [5.41, 5.74) is 2.63. The molecule has 0 radical (unpaired) electrons. The third kappa shape index (κ3) is 8.12. The summed E-state index contributed by atoms with van der Waals surface area (Å²) in [6.45, 7) is 10.5. The van der Waals surface area contributed by atoms with Crippen LogP contribution in [-0.2, 0) is 17.9 Å². The molecule has 0 bridgehead atoms. The van der Waals surface area contributed by atoms with Crippen LogP contribution in [0, 0.1) is 0 Å². The van der Waals surface area contributed by atoms with Gasteiger partial charge in [0.15, 0.2) is 0 Å². The third-order valence-corrected chi connectivity index (χ3v) is 3.50. The Kier molecular flexibility index (Phi) is 9.34. The second kappa shape index (κ2) is 11.4. The third-order valence-electron chi connectivity index (χ3n) is 3.50. The zero-order chi connectivity index (χ0) is 16.9. The van der Waals surface area contributed by atoms with Gasteiger partial charge in [-0.3, -0.25) is 4.90 Å². The fourth-order valence-corrected chi connectivity index (χ4v) is 2.45. The fourth-order valence-electron chi connectivity index (χ4n) is 2.45. The Hall–Kier alpha value is -2.19. The van der Waals surface area contributed by atoms with E-state index in [2.05, 4.69) is 66.6 Å². The van der Waals surface area contributed by atoms with Crippen LogP contribution in [-0.4, -0.2) is 17.2 Å². The van der Waals surface area contributed by atoms with Crippen LogP contribution in [0.1, 0.15) is 30.9 Å². The fraction of sp³-hybridized carbons (Fsp3) is 0.286. The summed E-state index contributed by atoms with van der Waals surface area (Å²) in [5.74, 6) is 0.273. The molecule has 0 aliphatic rings. The lowest BCUT2D eigenvalue weighted by Crippen LogP contribution is -2.24. The normalized spacial score (nSPS) is 10.0. The maximum atomic E-state index is 11.1. The van der Waals surface area contributed by atoms with Crippen molar-refractivity contribution in [2.45, 2.75) is 32.9 Å². The number of Topliss-reactive ketones (excluding diaryl/α,β-unsaturated/α-hetero) is 1. The van der Waals surface area contributed by atoms with Crippen LogP contribution in [0.3, 0.4) is 0 Å². The highest BCUT2D eigenvalue weighted by Gasteiger charge is 2.07. The molecule has 0 fully saturated rings. The number of benzene rings is 2. The molecule has 0 N–H and O–H groups in total. The van der Waals surface area contributed by atoms with Crippen LogP contribution in [0.25, 0.3) is 0 Å². The Morgan fingerprint density at radius 3 is 1.70 bits per heavy atom. The van der Waals surface area contributed by atoms with Gasteiger partial charge in [0.25, 0.3) is 0 Å². The van der Waals surface area contributed by atoms with E-state index < -0.39 is 0 Å².